The van der Waals surface area contributed by atoms with Crippen LogP contribution in [0.1, 0.15) is 18.9 Å². The molecule has 1 heterocycles. The number of nitrogens with zero attached hydrogens (tertiary/aromatic N) is 3. The number of para-hydroxylation sites is 2. The highest BCUT2D eigenvalue weighted by molar-refractivity contribution is 7.99. The van der Waals surface area contributed by atoms with Gasteiger partial charge in [0.2, 0.25) is 5.91 Å². The maximum absolute atomic E-state index is 11.1. The molecule has 0 fully saturated rings. The molecule has 3 aromatic rings. The Morgan fingerprint density at radius 2 is 1.76 bits per heavy atom. The minimum atomic E-state index is -0.400. The average molecular weight is 354 g/mol. The molecule has 0 bridgehead atoms. The molecule has 0 saturated carbocycles. The summed E-state index contributed by atoms with van der Waals surface area (Å²) in [6, 6.07) is 19.3. The second-order valence-electron chi connectivity index (χ2n) is 5.34. The standard InChI is InChI=1S/C18H18N4O2S/c1-13(24-15-10-6-3-7-11-15)17-20-21-18(25-12-16(19)23)22(17)14-8-4-2-5-9-14/h2-11,13H,12H2,1H3,(H2,19,23)/t13-/m1/s1. The second-order valence-corrected chi connectivity index (χ2v) is 6.28. The summed E-state index contributed by atoms with van der Waals surface area (Å²) in [5.41, 5.74) is 6.16. The van der Waals surface area contributed by atoms with Crippen molar-refractivity contribution in [1.29, 1.82) is 0 Å². The number of hydrogen-bond donors (Lipinski definition) is 1. The van der Waals surface area contributed by atoms with Crippen LogP contribution in [0.3, 0.4) is 0 Å². The minimum Gasteiger partial charge on any atom is -0.483 e. The molecule has 128 valence electrons. The van der Waals surface area contributed by atoms with Gasteiger partial charge in [0.15, 0.2) is 17.1 Å². The number of hydrogen-bond acceptors (Lipinski definition) is 5. The Balaban J connectivity index is 1.94. The van der Waals surface area contributed by atoms with Gasteiger partial charge in [-0.3, -0.25) is 9.36 Å². The van der Waals surface area contributed by atoms with Gasteiger partial charge >= 0.3 is 0 Å². The van der Waals surface area contributed by atoms with Crippen molar-refractivity contribution in [3.63, 3.8) is 0 Å². The molecular formula is C18H18N4O2S. The number of benzene rings is 2. The zero-order chi connectivity index (χ0) is 17.6. The zero-order valence-corrected chi connectivity index (χ0v) is 14.5. The van der Waals surface area contributed by atoms with E-state index in [1.54, 1.807) is 0 Å². The van der Waals surface area contributed by atoms with Crippen LogP contribution in [-0.4, -0.2) is 26.4 Å². The van der Waals surface area contributed by atoms with Crippen LogP contribution in [0.25, 0.3) is 5.69 Å². The summed E-state index contributed by atoms with van der Waals surface area (Å²) in [6.45, 7) is 1.92. The largest absolute Gasteiger partial charge is 0.483 e. The molecule has 3 rings (SSSR count). The van der Waals surface area contributed by atoms with Gasteiger partial charge in [0.25, 0.3) is 0 Å². The quantitative estimate of drug-likeness (QED) is 0.660. The number of amides is 1. The Morgan fingerprint density at radius 1 is 1.12 bits per heavy atom. The van der Waals surface area contributed by atoms with Crippen LogP contribution in [0.4, 0.5) is 0 Å². The number of rotatable bonds is 7. The molecule has 1 atom stereocenters. The van der Waals surface area contributed by atoms with Crippen molar-refractivity contribution in [3.05, 3.63) is 66.5 Å². The van der Waals surface area contributed by atoms with E-state index in [1.807, 2.05) is 72.2 Å². The van der Waals surface area contributed by atoms with Gasteiger partial charge in [-0.05, 0) is 31.2 Å². The number of carbonyl (C=O) groups is 1. The highest BCUT2D eigenvalue weighted by Gasteiger charge is 2.21. The number of ether oxygens (including phenoxy) is 1. The van der Waals surface area contributed by atoms with Gasteiger partial charge < -0.3 is 10.5 Å². The van der Waals surface area contributed by atoms with Crippen molar-refractivity contribution in [3.8, 4) is 11.4 Å². The van der Waals surface area contributed by atoms with E-state index in [9.17, 15) is 4.79 Å². The van der Waals surface area contributed by atoms with Gasteiger partial charge in [0.05, 0.1) is 5.75 Å². The number of aromatic nitrogens is 3. The Labute approximate surface area is 150 Å². The van der Waals surface area contributed by atoms with E-state index in [2.05, 4.69) is 10.2 Å². The van der Waals surface area contributed by atoms with Crippen LogP contribution in [-0.2, 0) is 4.79 Å². The molecule has 0 radical (unpaired) electrons. The molecule has 25 heavy (non-hydrogen) atoms. The molecule has 1 aromatic heterocycles. The monoisotopic (exact) mass is 354 g/mol. The molecule has 0 aliphatic carbocycles. The van der Waals surface area contributed by atoms with Gasteiger partial charge in [0.1, 0.15) is 5.75 Å². The maximum Gasteiger partial charge on any atom is 0.227 e. The summed E-state index contributed by atoms with van der Waals surface area (Å²) >= 11 is 1.25. The maximum atomic E-state index is 11.1. The van der Waals surface area contributed by atoms with E-state index >= 15 is 0 Å². The topological polar surface area (TPSA) is 83.0 Å². The lowest BCUT2D eigenvalue weighted by molar-refractivity contribution is -0.115. The summed E-state index contributed by atoms with van der Waals surface area (Å²) in [5.74, 6) is 1.15. The third-order valence-corrected chi connectivity index (χ3v) is 4.39. The summed E-state index contributed by atoms with van der Waals surface area (Å²) in [4.78, 5) is 11.1. The van der Waals surface area contributed by atoms with Crippen molar-refractivity contribution < 1.29 is 9.53 Å². The van der Waals surface area contributed by atoms with Gasteiger partial charge in [-0.1, -0.05) is 48.2 Å². The molecule has 0 spiro atoms. The Kier molecular flexibility index (Phi) is 5.35. The van der Waals surface area contributed by atoms with Crippen molar-refractivity contribution in [1.82, 2.24) is 14.8 Å². The highest BCUT2D eigenvalue weighted by atomic mass is 32.2. The van der Waals surface area contributed by atoms with Crippen LogP contribution in [0.5, 0.6) is 5.75 Å². The van der Waals surface area contributed by atoms with Crippen LogP contribution in [0, 0.1) is 0 Å². The smallest absolute Gasteiger partial charge is 0.227 e. The van der Waals surface area contributed by atoms with E-state index in [0.29, 0.717) is 11.0 Å². The van der Waals surface area contributed by atoms with E-state index in [1.165, 1.54) is 11.8 Å². The first-order valence-electron chi connectivity index (χ1n) is 7.78. The fraction of sp³-hybridized carbons (Fsp3) is 0.167. The Morgan fingerprint density at radius 3 is 2.40 bits per heavy atom. The Bertz CT molecular complexity index is 837. The van der Waals surface area contributed by atoms with Crippen molar-refractivity contribution in [2.45, 2.75) is 18.2 Å². The number of carbonyl (C=O) groups excluding carboxylic acids is 1. The predicted molar refractivity (Wildman–Crippen MR) is 96.8 cm³/mol. The summed E-state index contributed by atoms with van der Waals surface area (Å²) < 4.78 is 7.87. The minimum absolute atomic E-state index is 0.138. The van der Waals surface area contributed by atoms with Crippen molar-refractivity contribution in [2.75, 3.05) is 5.75 Å². The molecule has 0 aliphatic rings. The van der Waals surface area contributed by atoms with E-state index in [4.69, 9.17) is 10.5 Å². The first kappa shape index (κ1) is 17.0. The molecular weight excluding hydrogens is 336 g/mol. The number of nitrogens with two attached hydrogens (primary N) is 1. The second kappa shape index (κ2) is 7.85. The molecule has 2 N–H and O–H groups in total. The van der Waals surface area contributed by atoms with Crippen LogP contribution in [0.15, 0.2) is 65.8 Å². The molecule has 7 heteroatoms. The first-order chi connectivity index (χ1) is 12.1. The lowest BCUT2D eigenvalue weighted by Gasteiger charge is -2.16. The van der Waals surface area contributed by atoms with E-state index in [0.717, 1.165) is 11.4 Å². The highest BCUT2D eigenvalue weighted by Crippen LogP contribution is 2.27. The van der Waals surface area contributed by atoms with Gasteiger partial charge in [-0.2, -0.15) is 0 Å². The lowest BCUT2D eigenvalue weighted by Crippen LogP contribution is -2.14. The Hall–Kier alpha value is -2.80. The van der Waals surface area contributed by atoms with Crippen LogP contribution in [0.2, 0.25) is 0 Å². The molecule has 0 aliphatic heterocycles. The van der Waals surface area contributed by atoms with Gasteiger partial charge in [-0.25, -0.2) is 0 Å². The van der Waals surface area contributed by atoms with Crippen molar-refractivity contribution >= 4 is 17.7 Å². The molecule has 0 unspecified atom stereocenters. The van der Waals surface area contributed by atoms with Gasteiger partial charge in [-0.15, -0.1) is 10.2 Å². The SMILES string of the molecule is C[C@@H](Oc1ccccc1)c1nnc(SCC(N)=O)n1-c1ccccc1. The van der Waals surface area contributed by atoms with Crippen LogP contribution >= 0.6 is 11.8 Å². The molecule has 1 amide bonds. The predicted octanol–water partition coefficient (Wildman–Crippen LogP) is 2.98. The fourth-order valence-electron chi connectivity index (χ4n) is 2.35. The summed E-state index contributed by atoms with van der Waals surface area (Å²) in [5, 5.41) is 9.10. The lowest BCUT2D eigenvalue weighted by atomic mass is 10.3. The van der Waals surface area contributed by atoms with E-state index in [-0.39, 0.29) is 11.9 Å². The van der Waals surface area contributed by atoms with Gasteiger partial charge in [0, 0.05) is 5.69 Å². The summed E-state index contributed by atoms with van der Waals surface area (Å²) in [7, 11) is 0. The third kappa shape index (κ3) is 4.19. The van der Waals surface area contributed by atoms with Crippen LogP contribution < -0.4 is 10.5 Å². The van der Waals surface area contributed by atoms with Crippen molar-refractivity contribution in [2.24, 2.45) is 5.73 Å². The molecule has 0 saturated heterocycles. The third-order valence-electron chi connectivity index (χ3n) is 3.44. The number of primary amides is 1. The van der Waals surface area contributed by atoms with E-state index < -0.39 is 5.91 Å². The normalized spacial score (nSPS) is 11.9. The first-order valence-corrected chi connectivity index (χ1v) is 8.77. The molecule has 2 aromatic carbocycles. The molecule has 6 nitrogen and oxygen atoms in total. The fourth-order valence-corrected chi connectivity index (χ4v) is 3.05. The zero-order valence-electron chi connectivity index (χ0n) is 13.7. The number of thioether (sulfide) groups is 1. The average Bonchev–Trinajstić information content (AvgIpc) is 3.05. The summed E-state index contributed by atoms with van der Waals surface area (Å²) in [6.07, 6.45) is -0.321.